The highest BCUT2D eigenvalue weighted by Gasteiger charge is 2.65. The van der Waals surface area contributed by atoms with Gasteiger partial charge in [0.1, 0.15) is 5.01 Å². The summed E-state index contributed by atoms with van der Waals surface area (Å²) in [6.45, 7) is 7.73. The summed E-state index contributed by atoms with van der Waals surface area (Å²) in [6, 6.07) is 0.0317. The van der Waals surface area contributed by atoms with Gasteiger partial charge < -0.3 is 14.7 Å². The van der Waals surface area contributed by atoms with E-state index in [4.69, 9.17) is 0 Å². The molecule has 154 valence electrons. The maximum absolute atomic E-state index is 13.5. The van der Waals surface area contributed by atoms with E-state index in [-0.39, 0.29) is 17.4 Å². The molecule has 0 aliphatic carbocycles. The first-order chi connectivity index (χ1) is 13.4. The number of piperidine rings is 1. The summed E-state index contributed by atoms with van der Waals surface area (Å²) in [5, 5.41) is 3.17. The lowest BCUT2D eigenvalue weighted by Crippen LogP contribution is -2.52. The average molecular weight is 406 g/mol. The van der Waals surface area contributed by atoms with Crippen molar-refractivity contribution in [2.75, 3.05) is 53.4 Å². The molecule has 3 saturated heterocycles. The Morgan fingerprint density at radius 3 is 2.54 bits per heavy atom. The van der Waals surface area contributed by atoms with Crippen molar-refractivity contribution in [2.45, 2.75) is 32.7 Å². The molecule has 0 radical (unpaired) electrons. The second-order valence-electron chi connectivity index (χ2n) is 8.73. The molecule has 1 atom stereocenters. The quantitative estimate of drug-likeness (QED) is 0.771. The van der Waals surface area contributed by atoms with Gasteiger partial charge in [-0.1, -0.05) is 0 Å². The van der Waals surface area contributed by atoms with Crippen molar-refractivity contribution in [1.82, 2.24) is 24.6 Å². The second kappa shape index (κ2) is 7.30. The number of aromatic nitrogens is 1. The molecule has 1 aromatic heterocycles. The largest absolute Gasteiger partial charge is 0.342 e. The number of urea groups is 1. The molecule has 4 heterocycles. The predicted molar refractivity (Wildman–Crippen MR) is 109 cm³/mol. The highest BCUT2D eigenvalue weighted by atomic mass is 32.1. The van der Waals surface area contributed by atoms with Gasteiger partial charge in [-0.25, -0.2) is 9.78 Å². The molecule has 0 saturated carbocycles. The van der Waals surface area contributed by atoms with Crippen LogP contribution in [-0.2, 0) is 11.3 Å². The lowest BCUT2D eigenvalue weighted by Gasteiger charge is -2.46. The lowest BCUT2D eigenvalue weighted by molar-refractivity contribution is -0.142. The van der Waals surface area contributed by atoms with Crippen molar-refractivity contribution in [1.29, 1.82) is 0 Å². The van der Waals surface area contributed by atoms with Gasteiger partial charge in [0.25, 0.3) is 0 Å². The van der Waals surface area contributed by atoms with E-state index in [2.05, 4.69) is 16.8 Å². The van der Waals surface area contributed by atoms with Crippen LogP contribution in [0.25, 0.3) is 0 Å². The molecule has 28 heavy (non-hydrogen) atoms. The molecule has 0 bridgehead atoms. The van der Waals surface area contributed by atoms with Crippen LogP contribution in [0.5, 0.6) is 0 Å². The lowest BCUT2D eigenvalue weighted by atomic mass is 9.60. The van der Waals surface area contributed by atoms with Gasteiger partial charge in [-0.15, -0.1) is 11.3 Å². The standard InChI is InChI=1S/C20H31N5O2S/c1-4-24-11-7-20(17(24)26)15-25(18(27)22(2)3)14-19(20)5-9-23(10-6-19)13-16-21-8-12-28-16/h8,12H,4-7,9-11,13-15H2,1-3H3/t20-/m1/s1. The Bertz CT molecular complexity index is 729. The van der Waals surface area contributed by atoms with Crippen LogP contribution in [-0.4, -0.2) is 89.9 Å². The van der Waals surface area contributed by atoms with Gasteiger partial charge in [0.2, 0.25) is 5.91 Å². The maximum atomic E-state index is 13.5. The van der Waals surface area contributed by atoms with Crippen molar-refractivity contribution in [2.24, 2.45) is 10.8 Å². The average Bonchev–Trinajstić information content (AvgIpc) is 3.38. The van der Waals surface area contributed by atoms with Crippen LogP contribution in [0.4, 0.5) is 4.79 Å². The fourth-order valence-electron chi connectivity index (χ4n) is 5.56. The monoisotopic (exact) mass is 405 g/mol. The van der Waals surface area contributed by atoms with Crippen molar-refractivity contribution in [3.05, 3.63) is 16.6 Å². The van der Waals surface area contributed by atoms with Crippen LogP contribution in [0.15, 0.2) is 11.6 Å². The van der Waals surface area contributed by atoms with Crippen LogP contribution in [0, 0.1) is 10.8 Å². The van der Waals surface area contributed by atoms with Gasteiger partial charge in [0.15, 0.2) is 0 Å². The zero-order valence-corrected chi connectivity index (χ0v) is 18.0. The minimum atomic E-state index is -0.401. The van der Waals surface area contributed by atoms with Crippen LogP contribution in [0.2, 0.25) is 0 Å². The van der Waals surface area contributed by atoms with E-state index in [1.807, 2.05) is 21.4 Å². The molecule has 3 amide bonds. The first kappa shape index (κ1) is 19.6. The molecular weight excluding hydrogens is 374 g/mol. The van der Waals surface area contributed by atoms with Crippen molar-refractivity contribution in [3.8, 4) is 0 Å². The van der Waals surface area contributed by atoms with E-state index in [9.17, 15) is 9.59 Å². The minimum absolute atomic E-state index is 0.0317. The molecule has 4 rings (SSSR count). The van der Waals surface area contributed by atoms with Crippen LogP contribution in [0.3, 0.4) is 0 Å². The van der Waals surface area contributed by atoms with Crippen molar-refractivity contribution >= 4 is 23.3 Å². The number of nitrogens with zero attached hydrogens (tertiary/aromatic N) is 5. The number of fused-ring (bicyclic) bond motifs is 1. The van der Waals surface area contributed by atoms with E-state index in [1.165, 1.54) is 0 Å². The van der Waals surface area contributed by atoms with E-state index in [0.717, 1.165) is 57.0 Å². The van der Waals surface area contributed by atoms with Gasteiger partial charge in [0.05, 0.1) is 12.0 Å². The van der Waals surface area contributed by atoms with Crippen LogP contribution in [0.1, 0.15) is 31.2 Å². The van der Waals surface area contributed by atoms with Gasteiger partial charge in [-0.3, -0.25) is 9.69 Å². The minimum Gasteiger partial charge on any atom is -0.342 e. The molecule has 3 fully saturated rings. The number of thiazole rings is 1. The Kier molecular flexibility index (Phi) is 5.12. The van der Waals surface area contributed by atoms with E-state index >= 15 is 0 Å². The fourth-order valence-corrected chi connectivity index (χ4v) is 6.22. The number of hydrogen-bond donors (Lipinski definition) is 0. The number of likely N-dealkylation sites (tertiary alicyclic amines) is 3. The maximum Gasteiger partial charge on any atom is 0.319 e. The third kappa shape index (κ3) is 3.01. The fraction of sp³-hybridized carbons (Fsp3) is 0.750. The van der Waals surface area contributed by atoms with Gasteiger partial charge in [-0.2, -0.15) is 0 Å². The van der Waals surface area contributed by atoms with E-state index < -0.39 is 5.41 Å². The van der Waals surface area contributed by atoms with Gasteiger partial charge >= 0.3 is 6.03 Å². The Morgan fingerprint density at radius 2 is 1.96 bits per heavy atom. The summed E-state index contributed by atoms with van der Waals surface area (Å²) in [5.74, 6) is 0.275. The summed E-state index contributed by atoms with van der Waals surface area (Å²) < 4.78 is 0. The summed E-state index contributed by atoms with van der Waals surface area (Å²) in [5.41, 5.74) is -0.499. The molecule has 0 N–H and O–H groups in total. The first-order valence-corrected chi connectivity index (χ1v) is 11.2. The number of amides is 3. The molecule has 0 unspecified atom stereocenters. The summed E-state index contributed by atoms with van der Waals surface area (Å²) in [4.78, 5) is 38.7. The molecule has 3 aliphatic rings. The third-order valence-corrected chi connectivity index (χ3v) is 7.93. The molecule has 3 aliphatic heterocycles. The van der Waals surface area contributed by atoms with Crippen molar-refractivity contribution < 1.29 is 9.59 Å². The highest BCUT2D eigenvalue weighted by Crippen LogP contribution is 2.58. The van der Waals surface area contributed by atoms with Crippen LogP contribution >= 0.6 is 11.3 Å². The first-order valence-electron chi connectivity index (χ1n) is 10.3. The molecule has 8 heteroatoms. The number of rotatable bonds is 3. The molecule has 7 nitrogen and oxygen atoms in total. The molecule has 2 spiro atoms. The molecule has 0 aromatic carbocycles. The Balaban J connectivity index is 1.56. The topological polar surface area (TPSA) is 60.0 Å². The zero-order valence-electron chi connectivity index (χ0n) is 17.2. The van der Waals surface area contributed by atoms with Crippen molar-refractivity contribution in [3.63, 3.8) is 0 Å². The molecule has 1 aromatic rings. The summed E-state index contributed by atoms with van der Waals surface area (Å²) >= 11 is 1.70. The van der Waals surface area contributed by atoms with Gasteiger partial charge in [-0.05, 0) is 39.3 Å². The molecular formula is C20H31N5O2S. The smallest absolute Gasteiger partial charge is 0.319 e. The van der Waals surface area contributed by atoms with E-state index in [0.29, 0.717) is 13.1 Å². The third-order valence-electron chi connectivity index (χ3n) is 7.16. The summed E-state index contributed by atoms with van der Waals surface area (Å²) in [7, 11) is 3.59. The normalized spacial score (nSPS) is 27.3. The number of carbonyl (C=O) groups excluding carboxylic acids is 2. The number of hydrogen-bond acceptors (Lipinski definition) is 5. The Morgan fingerprint density at radius 1 is 1.21 bits per heavy atom. The number of carbonyl (C=O) groups is 2. The summed E-state index contributed by atoms with van der Waals surface area (Å²) in [6.07, 6.45) is 4.68. The Hall–Kier alpha value is -1.67. The second-order valence-corrected chi connectivity index (χ2v) is 9.71. The van der Waals surface area contributed by atoms with Crippen LogP contribution < -0.4 is 0 Å². The van der Waals surface area contributed by atoms with E-state index in [1.54, 1.807) is 30.3 Å². The SMILES string of the molecule is CCN1CC[C@@]2(CN(C(=O)N(C)C)CC23CCN(Cc2nccs2)CC3)C1=O. The van der Waals surface area contributed by atoms with Gasteiger partial charge in [0, 0.05) is 57.3 Å². The zero-order chi connectivity index (χ0) is 19.9. The Labute approximate surface area is 171 Å². The predicted octanol–water partition coefficient (Wildman–Crippen LogP) is 1.96. The highest BCUT2D eigenvalue weighted by molar-refractivity contribution is 7.09.